The Balaban J connectivity index is 2.16. The summed E-state index contributed by atoms with van der Waals surface area (Å²) in [6.45, 7) is 0. The Labute approximate surface area is 83.0 Å². The molecule has 0 saturated heterocycles. The van der Waals surface area contributed by atoms with Crippen LogP contribution in [0.5, 0.6) is 0 Å². The Bertz CT molecular complexity index is 365. The molecule has 0 spiro atoms. The molecule has 0 atom stereocenters. The molecule has 2 heteroatoms. The van der Waals surface area contributed by atoms with Crippen molar-refractivity contribution in [2.24, 2.45) is 0 Å². The van der Waals surface area contributed by atoms with Crippen LogP contribution in [0.4, 0.5) is 0 Å². The monoisotopic (exact) mass is 182 g/mol. The minimum Gasteiger partial charge on any atom is -0.237 e. The number of aromatic nitrogens is 2. The summed E-state index contributed by atoms with van der Waals surface area (Å²) in [6, 6.07) is 11.9. The van der Waals surface area contributed by atoms with Crippen LogP contribution < -0.4 is 0 Å². The van der Waals surface area contributed by atoms with Gasteiger partial charge in [0.1, 0.15) is 0 Å². The SMILES string of the molecule is C(=Cc1ncccn1)c1ccccc1. The molecular weight excluding hydrogens is 172 g/mol. The maximum absolute atomic E-state index is 4.10. The van der Waals surface area contributed by atoms with Crippen molar-refractivity contribution in [3.63, 3.8) is 0 Å². The van der Waals surface area contributed by atoms with Gasteiger partial charge in [0.25, 0.3) is 0 Å². The molecule has 0 N–H and O–H groups in total. The summed E-state index contributed by atoms with van der Waals surface area (Å²) in [7, 11) is 0. The van der Waals surface area contributed by atoms with Crippen LogP contribution in [-0.4, -0.2) is 9.97 Å². The Hall–Kier alpha value is -1.96. The molecule has 68 valence electrons. The van der Waals surface area contributed by atoms with E-state index < -0.39 is 0 Å². The Morgan fingerprint density at radius 2 is 1.50 bits per heavy atom. The van der Waals surface area contributed by atoms with Gasteiger partial charge in [-0.25, -0.2) is 9.97 Å². The third kappa shape index (κ3) is 2.26. The predicted octanol–water partition coefficient (Wildman–Crippen LogP) is 2.65. The molecule has 2 nitrogen and oxygen atoms in total. The second-order valence-electron chi connectivity index (χ2n) is 2.85. The van der Waals surface area contributed by atoms with Gasteiger partial charge in [-0.05, 0) is 17.7 Å². The summed E-state index contributed by atoms with van der Waals surface area (Å²) < 4.78 is 0. The summed E-state index contributed by atoms with van der Waals surface area (Å²) in [5.74, 6) is 0.733. The fourth-order valence-corrected chi connectivity index (χ4v) is 1.13. The Morgan fingerprint density at radius 1 is 0.786 bits per heavy atom. The minimum absolute atomic E-state index is 0.733. The Kier molecular flexibility index (Phi) is 2.67. The molecule has 0 fully saturated rings. The Morgan fingerprint density at radius 3 is 2.21 bits per heavy atom. The molecular formula is C12H10N2. The van der Waals surface area contributed by atoms with Gasteiger partial charge in [0.2, 0.25) is 0 Å². The summed E-state index contributed by atoms with van der Waals surface area (Å²) in [5.41, 5.74) is 1.15. The molecule has 0 radical (unpaired) electrons. The molecule has 2 aromatic rings. The predicted molar refractivity (Wildman–Crippen MR) is 57.4 cm³/mol. The highest BCUT2D eigenvalue weighted by Crippen LogP contribution is 2.03. The average Bonchev–Trinajstić information content (AvgIpc) is 2.29. The zero-order valence-corrected chi connectivity index (χ0v) is 7.67. The second kappa shape index (κ2) is 4.33. The largest absolute Gasteiger partial charge is 0.237 e. The first-order valence-corrected chi connectivity index (χ1v) is 4.45. The van der Waals surface area contributed by atoms with Crippen molar-refractivity contribution in [3.05, 3.63) is 60.2 Å². The molecule has 0 aliphatic heterocycles. The molecule has 0 aliphatic rings. The maximum Gasteiger partial charge on any atom is 0.151 e. The third-order valence-corrected chi connectivity index (χ3v) is 1.81. The van der Waals surface area contributed by atoms with E-state index >= 15 is 0 Å². The van der Waals surface area contributed by atoms with Crippen LogP contribution >= 0.6 is 0 Å². The summed E-state index contributed by atoms with van der Waals surface area (Å²) >= 11 is 0. The van der Waals surface area contributed by atoms with Gasteiger partial charge in [-0.1, -0.05) is 36.4 Å². The number of hydrogen-bond donors (Lipinski definition) is 0. The standard InChI is InChI=1S/C12H10N2/c1-2-5-11(6-3-1)7-8-12-13-9-4-10-14-12/h1-10H. The van der Waals surface area contributed by atoms with Crippen LogP contribution in [0.25, 0.3) is 12.2 Å². The van der Waals surface area contributed by atoms with Crippen molar-refractivity contribution in [2.45, 2.75) is 0 Å². The first-order chi connectivity index (χ1) is 6.95. The fraction of sp³-hybridized carbons (Fsp3) is 0. The van der Waals surface area contributed by atoms with E-state index in [4.69, 9.17) is 0 Å². The van der Waals surface area contributed by atoms with Crippen LogP contribution in [0.15, 0.2) is 48.8 Å². The molecule has 0 unspecified atom stereocenters. The van der Waals surface area contributed by atoms with Gasteiger partial charge < -0.3 is 0 Å². The van der Waals surface area contributed by atoms with Crippen molar-refractivity contribution < 1.29 is 0 Å². The van der Waals surface area contributed by atoms with Crippen molar-refractivity contribution in [2.75, 3.05) is 0 Å². The maximum atomic E-state index is 4.10. The summed E-state index contributed by atoms with van der Waals surface area (Å²) in [6.07, 6.45) is 7.36. The second-order valence-corrected chi connectivity index (χ2v) is 2.85. The lowest BCUT2D eigenvalue weighted by atomic mass is 10.2. The first-order valence-electron chi connectivity index (χ1n) is 4.45. The van der Waals surface area contributed by atoms with Gasteiger partial charge in [0, 0.05) is 12.4 Å². The van der Waals surface area contributed by atoms with Gasteiger partial charge in [0.05, 0.1) is 0 Å². The molecule has 0 amide bonds. The molecule has 1 heterocycles. The molecule has 1 aromatic heterocycles. The normalized spacial score (nSPS) is 10.6. The van der Waals surface area contributed by atoms with Crippen molar-refractivity contribution in [3.8, 4) is 0 Å². The highest BCUT2D eigenvalue weighted by molar-refractivity contribution is 5.66. The highest BCUT2D eigenvalue weighted by atomic mass is 14.8. The van der Waals surface area contributed by atoms with E-state index in [9.17, 15) is 0 Å². The molecule has 1 aromatic carbocycles. The van der Waals surface area contributed by atoms with Crippen LogP contribution in [0.2, 0.25) is 0 Å². The minimum atomic E-state index is 0.733. The van der Waals surface area contributed by atoms with E-state index in [1.807, 2.05) is 42.5 Å². The third-order valence-electron chi connectivity index (χ3n) is 1.81. The molecule has 14 heavy (non-hydrogen) atoms. The van der Waals surface area contributed by atoms with E-state index in [1.54, 1.807) is 18.5 Å². The zero-order valence-electron chi connectivity index (χ0n) is 7.67. The van der Waals surface area contributed by atoms with Crippen molar-refractivity contribution >= 4 is 12.2 Å². The van der Waals surface area contributed by atoms with E-state index in [1.165, 1.54) is 0 Å². The van der Waals surface area contributed by atoms with Gasteiger partial charge in [-0.3, -0.25) is 0 Å². The van der Waals surface area contributed by atoms with Crippen LogP contribution in [0.1, 0.15) is 11.4 Å². The van der Waals surface area contributed by atoms with Crippen LogP contribution in [0, 0.1) is 0 Å². The van der Waals surface area contributed by atoms with Gasteiger partial charge >= 0.3 is 0 Å². The zero-order chi connectivity index (χ0) is 9.64. The lowest BCUT2D eigenvalue weighted by Gasteiger charge is -1.91. The smallest absolute Gasteiger partial charge is 0.151 e. The number of nitrogens with zero attached hydrogens (tertiary/aromatic N) is 2. The van der Waals surface area contributed by atoms with Gasteiger partial charge in [-0.2, -0.15) is 0 Å². The van der Waals surface area contributed by atoms with E-state index in [0.717, 1.165) is 11.4 Å². The number of rotatable bonds is 2. The van der Waals surface area contributed by atoms with Crippen molar-refractivity contribution in [1.29, 1.82) is 0 Å². The van der Waals surface area contributed by atoms with E-state index in [0.29, 0.717) is 0 Å². The van der Waals surface area contributed by atoms with E-state index in [2.05, 4.69) is 9.97 Å². The fourth-order valence-electron chi connectivity index (χ4n) is 1.13. The lowest BCUT2D eigenvalue weighted by Crippen LogP contribution is -1.82. The van der Waals surface area contributed by atoms with Gasteiger partial charge in [0.15, 0.2) is 5.82 Å². The average molecular weight is 182 g/mol. The van der Waals surface area contributed by atoms with E-state index in [-0.39, 0.29) is 0 Å². The topological polar surface area (TPSA) is 25.8 Å². The lowest BCUT2D eigenvalue weighted by molar-refractivity contribution is 1.14. The summed E-state index contributed by atoms with van der Waals surface area (Å²) in [4.78, 5) is 8.19. The highest BCUT2D eigenvalue weighted by Gasteiger charge is 1.86. The van der Waals surface area contributed by atoms with Crippen molar-refractivity contribution in [1.82, 2.24) is 9.97 Å². The van der Waals surface area contributed by atoms with Crippen LogP contribution in [0.3, 0.4) is 0 Å². The number of hydrogen-bond acceptors (Lipinski definition) is 2. The molecule has 2 rings (SSSR count). The molecule has 0 saturated carbocycles. The van der Waals surface area contributed by atoms with Crippen LogP contribution in [-0.2, 0) is 0 Å². The summed E-state index contributed by atoms with van der Waals surface area (Å²) in [5, 5.41) is 0. The first kappa shape index (κ1) is 8.63. The molecule has 0 aliphatic carbocycles. The van der Waals surface area contributed by atoms with Gasteiger partial charge in [-0.15, -0.1) is 0 Å². The molecule has 0 bridgehead atoms. The quantitative estimate of drug-likeness (QED) is 0.713. The number of benzene rings is 1.